The van der Waals surface area contributed by atoms with Crippen molar-refractivity contribution in [2.45, 2.75) is 13.5 Å². The van der Waals surface area contributed by atoms with Crippen molar-refractivity contribution in [2.24, 2.45) is 0 Å². The molecule has 5 heteroatoms. The van der Waals surface area contributed by atoms with E-state index in [-0.39, 0.29) is 17.5 Å². The Hall–Kier alpha value is -2.69. The first-order valence-electron chi connectivity index (χ1n) is 6.45. The van der Waals surface area contributed by atoms with E-state index in [2.05, 4.69) is 5.32 Å². The highest BCUT2D eigenvalue weighted by molar-refractivity contribution is 5.92. The molecule has 2 aromatic rings. The first-order valence-corrected chi connectivity index (χ1v) is 6.45. The van der Waals surface area contributed by atoms with Crippen LogP contribution in [-0.4, -0.2) is 23.3 Å². The molecular formula is C16H17NO4. The summed E-state index contributed by atoms with van der Waals surface area (Å²) in [5.41, 5.74) is 2.93. The Morgan fingerprint density at radius 2 is 1.95 bits per heavy atom. The van der Waals surface area contributed by atoms with Crippen molar-refractivity contribution >= 4 is 11.7 Å². The van der Waals surface area contributed by atoms with Gasteiger partial charge in [-0.15, -0.1) is 0 Å². The standard InChI is InChI=1S/C16H17NO4/c1-10-12(16(20)21-2)4-3-5-13(10)17-9-11-6-7-14(18)15(19)8-11/h3-8,17-19H,9H2,1-2H3. The van der Waals surface area contributed by atoms with E-state index in [1.165, 1.54) is 19.2 Å². The number of phenols is 2. The first-order chi connectivity index (χ1) is 10.0. The molecule has 0 aliphatic carbocycles. The van der Waals surface area contributed by atoms with Crippen molar-refractivity contribution in [2.75, 3.05) is 12.4 Å². The van der Waals surface area contributed by atoms with Gasteiger partial charge in [0.1, 0.15) is 0 Å². The van der Waals surface area contributed by atoms with Crippen LogP contribution >= 0.6 is 0 Å². The average molecular weight is 287 g/mol. The second kappa shape index (κ2) is 6.17. The third-order valence-corrected chi connectivity index (χ3v) is 3.26. The van der Waals surface area contributed by atoms with Crippen molar-refractivity contribution in [3.05, 3.63) is 53.1 Å². The van der Waals surface area contributed by atoms with E-state index in [4.69, 9.17) is 4.74 Å². The van der Waals surface area contributed by atoms with Gasteiger partial charge in [0.05, 0.1) is 12.7 Å². The molecule has 0 radical (unpaired) electrons. The minimum Gasteiger partial charge on any atom is -0.504 e. The zero-order chi connectivity index (χ0) is 15.4. The average Bonchev–Trinajstić information content (AvgIpc) is 2.49. The summed E-state index contributed by atoms with van der Waals surface area (Å²) in [5, 5.41) is 21.9. The van der Waals surface area contributed by atoms with Gasteiger partial charge in [0, 0.05) is 12.2 Å². The predicted molar refractivity (Wildman–Crippen MR) is 79.6 cm³/mol. The highest BCUT2D eigenvalue weighted by atomic mass is 16.5. The number of nitrogens with one attached hydrogen (secondary N) is 1. The van der Waals surface area contributed by atoms with E-state index in [1.54, 1.807) is 18.2 Å². The molecule has 0 spiro atoms. The molecule has 5 nitrogen and oxygen atoms in total. The van der Waals surface area contributed by atoms with Crippen molar-refractivity contribution in [3.8, 4) is 11.5 Å². The molecule has 0 bridgehead atoms. The number of hydrogen-bond acceptors (Lipinski definition) is 5. The fourth-order valence-corrected chi connectivity index (χ4v) is 2.03. The lowest BCUT2D eigenvalue weighted by Gasteiger charge is -2.12. The maximum Gasteiger partial charge on any atom is 0.338 e. The van der Waals surface area contributed by atoms with E-state index in [0.717, 1.165) is 16.8 Å². The summed E-state index contributed by atoms with van der Waals surface area (Å²) in [5.74, 6) is -0.685. The molecule has 0 aromatic heterocycles. The quantitative estimate of drug-likeness (QED) is 0.595. The lowest BCUT2D eigenvalue weighted by molar-refractivity contribution is 0.0600. The fraction of sp³-hybridized carbons (Fsp3) is 0.188. The second-order valence-corrected chi connectivity index (χ2v) is 4.65. The van der Waals surface area contributed by atoms with Gasteiger partial charge >= 0.3 is 5.97 Å². The monoisotopic (exact) mass is 287 g/mol. The summed E-state index contributed by atoms with van der Waals surface area (Å²) >= 11 is 0. The number of aromatic hydroxyl groups is 2. The molecule has 0 saturated carbocycles. The highest BCUT2D eigenvalue weighted by Gasteiger charge is 2.11. The molecule has 0 unspecified atom stereocenters. The zero-order valence-corrected chi connectivity index (χ0v) is 11.9. The van der Waals surface area contributed by atoms with Crippen LogP contribution in [0.3, 0.4) is 0 Å². The fourth-order valence-electron chi connectivity index (χ4n) is 2.03. The number of methoxy groups -OCH3 is 1. The molecule has 0 aliphatic rings. The largest absolute Gasteiger partial charge is 0.504 e. The molecule has 0 aliphatic heterocycles. The minimum atomic E-state index is -0.376. The Bertz CT molecular complexity index is 667. The topological polar surface area (TPSA) is 78.8 Å². The number of carbonyl (C=O) groups is 1. The van der Waals surface area contributed by atoms with Gasteiger partial charge in [-0.3, -0.25) is 0 Å². The minimum absolute atomic E-state index is 0.150. The van der Waals surface area contributed by atoms with Crippen LogP contribution in [0.2, 0.25) is 0 Å². The molecule has 0 fully saturated rings. The molecule has 2 aromatic carbocycles. The van der Waals surface area contributed by atoms with Gasteiger partial charge in [0.15, 0.2) is 11.5 Å². The molecule has 3 N–H and O–H groups in total. The zero-order valence-electron chi connectivity index (χ0n) is 11.9. The van der Waals surface area contributed by atoms with Crippen LogP contribution in [0.5, 0.6) is 11.5 Å². The Balaban J connectivity index is 2.16. The number of rotatable bonds is 4. The van der Waals surface area contributed by atoms with Crippen LogP contribution in [0, 0.1) is 6.92 Å². The van der Waals surface area contributed by atoms with Gasteiger partial charge < -0.3 is 20.3 Å². The van der Waals surface area contributed by atoms with Crippen LogP contribution in [-0.2, 0) is 11.3 Å². The van der Waals surface area contributed by atoms with Gasteiger partial charge in [-0.25, -0.2) is 4.79 Å². The van der Waals surface area contributed by atoms with E-state index in [0.29, 0.717) is 12.1 Å². The third-order valence-electron chi connectivity index (χ3n) is 3.26. The SMILES string of the molecule is COC(=O)c1cccc(NCc2ccc(O)c(O)c2)c1C. The number of anilines is 1. The number of ether oxygens (including phenoxy) is 1. The van der Waals surface area contributed by atoms with Gasteiger partial charge in [-0.1, -0.05) is 12.1 Å². The highest BCUT2D eigenvalue weighted by Crippen LogP contribution is 2.26. The molecule has 0 amide bonds. The molecule has 0 saturated heterocycles. The van der Waals surface area contributed by atoms with Crippen LogP contribution in [0.4, 0.5) is 5.69 Å². The molecular weight excluding hydrogens is 270 g/mol. The summed E-state index contributed by atoms with van der Waals surface area (Å²) in [6, 6.07) is 9.98. The summed E-state index contributed by atoms with van der Waals surface area (Å²) in [4.78, 5) is 11.6. The van der Waals surface area contributed by atoms with E-state index in [1.807, 2.05) is 13.0 Å². The maximum atomic E-state index is 11.6. The first kappa shape index (κ1) is 14.7. The van der Waals surface area contributed by atoms with Crippen LogP contribution in [0.25, 0.3) is 0 Å². The smallest absolute Gasteiger partial charge is 0.338 e. The van der Waals surface area contributed by atoms with Gasteiger partial charge in [-0.05, 0) is 42.3 Å². The van der Waals surface area contributed by atoms with Crippen LogP contribution in [0.1, 0.15) is 21.5 Å². The van der Waals surface area contributed by atoms with Crippen molar-refractivity contribution < 1.29 is 19.7 Å². The second-order valence-electron chi connectivity index (χ2n) is 4.65. The van der Waals surface area contributed by atoms with Crippen molar-refractivity contribution in [1.29, 1.82) is 0 Å². The predicted octanol–water partition coefficient (Wildman–Crippen LogP) is 2.80. The van der Waals surface area contributed by atoms with Crippen molar-refractivity contribution in [3.63, 3.8) is 0 Å². The van der Waals surface area contributed by atoms with Crippen LogP contribution in [0.15, 0.2) is 36.4 Å². The number of esters is 1. The van der Waals surface area contributed by atoms with Gasteiger partial charge in [-0.2, -0.15) is 0 Å². The molecule has 2 rings (SSSR count). The number of hydrogen-bond donors (Lipinski definition) is 3. The normalized spacial score (nSPS) is 10.2. The van der Waals surface area contributed by atoms with Gasteiger partial charge in [0.25, 0.3) is 0 Å². The van der Waals surface area contributed by atoms with Crippen LogP contribution < -0.4 is 5.32 Å². The molecule has 110 valence electrons. The Morgan fingerprint density at radius 3 is 2.62 bits per heavy atom. The lowest BCUT2D eigenvalue weighted by Crippen LogP contribution is -2.07. The lowest BCUT2D eigenvalue weighted by atomic mass is 10.1. The Kier molecular flexibility index (Phi) is 4.33. The number of benzene rings is 2. The third kappa shape index (κ3) is 3.25. The maximum absolute atomic E-state index is 11.6. The van der Waals surface area contributed by atoms with E-state index >= 15 is 0 Å². The molecule has 0 atom stereocenters. The number of carbonyl (C=O) groups excluding carboxylic acids is 1. The van der Waals surface area contributed by atoms with Crippen molar-refractivity contribution in [1.82, 2.24) is 0 Å². The summed E-state index contributed by atoms with van der Waals surface area (Å²) in [7, 11) is 1.35. The summed E-state index contributed by atoms with van der Waals surface area (Å²) in [6.07, 6.45) is 0. The summed E-state index contributed by atoms with van der Waals surface area (Å²) in [6.45, 7) is 2.29. The van der Waals surface area contributed by atoms with E-state index < -0.39 is 0 Å². The van der Waals surface area contributed by atoms with E-state index in [9.17, 15) is 15.0 Å². The number of phenolic OH excluding ortho intramolecular Hbond substituents is 2. The Morgan fingerprint density at radius 1 is 1.19 bits per heavy atom. The molecule has 0 heterocycles. The summed E-state index contributed by atoms with van der Waals surface area (Å²) < 4.78 is 4.74. The molecule has 21 heavy (non-hydrogen) atoms. The van der Waals surface area contributed by atoms with Gasteiger partial charge in [0.2, 0.25) is 0 Å². The Labute approximate surface area is 122 Å².